The van der Waals surface area contributed by atoms with Gasteiger partial charge in [-0.2, -0.15) is 11.8 Å². The minimum atomic E-state index is -0.308. The summed E-state index contributed by atoms with van der Waals surface area (Å²) in [4.78, 5) is 22.7. The molecule has 148 valence electrons. The molecule has 0 rings (SSSR count). The van der Waals surface area contributed by atoms with Crippen LogP contribution in [0.1, 0.15) is 66.7 Å². The molecule has 0 unspecified atom stereocenters. The van der Waals surface area contributed by atoms with Crippen molar-refractivity contribution in [2.24, 2.45) is 0 Å². The van der Waals surface area contributed by atoms with E-state index >= 15 is 0 Å². The molecule has 0 aliphatic heterocycles. The Morgan fingerprint density at radius 3 is 2.16 bits per heavy atom. The van der Waals surface area contributed by atoms with Gasteiger partial charge in [-0.1, -0.05) is 0 Å². The summed E-state index contributed by atoms with van der Waals surface area (Å²) in [5.41, 5.74) is -0.598. The summed E-state index contributed by atoms with van der Waals surface area (Å²) in [6.45, 7) is 11.3. The molecule has 5 nitrogen and oxygen atoms in total. The smallest absolute Gasteiger partial charge is 0.220 e. The molecule has 0 saturated carbocycles. The molecule has 0 aliphatic rings. The van der Waals surface area contributed by atoms with E-state index in [1.165, 1.54) is 0 Å². The standard InChI is InChI=1S/C19H37NO4S/c1-16(21)9-13-23-19(4,5)11-14-24-18(2,3)10-12-20-17(22)8-7-15-25-6/h7-15H2,1-6H3,(H,20,22). The number of rotatable bonds is 15. The molecule has 0 spiro atoms. The van der Waals surface area contributed by atoms with E-state index in [0.29, 0.717) is 32.6 Å². The first kappa shape index (κ1) is 24.4. The van der Waals surface area contributed by atoms with Crippen molar-refractivity contribution in [3.8, 4) is 0 Å². The summed E-state index contributed by atoms with van der Waals surface area (Å²) in [6, 6.07) is 0. The van der Waals surface area contributed by atoms with Gasteiger partial charge in [0, 0.05) is 19.4 Å². The summed E-state index contributed by atoms with van der Waals surface area (Å²) in [5, 5.41) is 2.96. The van der Waals surface area contributed by atoms with E-state index in [1.807, 2.05) is 34.0 Å². The molecule has 0 bridgehead atoms. The zero-order valence-electron chi connectivity index (χ0n) is 16.9. The molecule has 0 fully saturated rings. The average Bonchev–Trinajstić information content (AvgIpc) is 2.46. The largest absolute Gasteiger partial charge is 0.375 e. The molecular weight excluding hydrogens is 338 g/mol. The summed E-state index contributed by atoms with van der Waals surface area (Å²) in [6.07, 6.45) is 5.54. The Balaban J connectivity index is 3.91. The molecule has 0 aromatic rings. The molecule has 0 aromatic carbocycles. The number of carbonyl (C=O) groups is 2. The van der Waals surface area contributed by atoms with Gasteiger partial charge in [0.2, 0.25) is 5.91 Å². The molecule has 0 radical (unpaired) electrons. The molecule has 0 aromatic heterocycles. The maximum absolute atomic E-state index is 11.7. The molecule has 0 heterocycles. The topological polar surface area (TPSA) is 64.6 Å². The fraction of sp³-hybridized carbons (Fsp3) is 0.895. The van der Waals surface area contributed by atoms with Gasteiger partial charge in [-0.05, 0) is 65.9 Å². The number of hydrogen-bond acceptors (Lipinski definition) is 5. The lowest BCUT2D eigenvalue weighted by Gasteiger charge is -2.29. The zero-order chi connectivity index (χ0) is 19.3. The lowest BCUT2D eigenvalue weighted by molar-refractivity contribution is -0.121. The molecule has 0 atom stereocenters. The van der Waals surface area contributed by atoms with Crippen LogP contribution in [-0.2, 0) is 19.1 Å². The fourth-order valence-electron chi connectivity index (χ4n) is 2.16. The minimum Gasteiger partial charge on any atom is -0.375 e. The van der Waals surface area contributed by atoms with Crippen molar-refractivity contribution in [3.05, 3.63) is 0 Å². The van der Waals surface area contributed by atoms with E-state index in [4.69, 9.17) is 9.47 Å². The average molecular weight is 376 g/mol. The molecule has 0 aliphatic carbocycles. The summed E-state index contributed by atoms with van der Waals surface area (Å²) >= 11 is 1.76. The van der Waals surface area contributed by atoms with Crippen molar-refractivity contribution in [3.63, 3.8) is 0 Å². The summed E-state index contributed by atoms with van der Waals surface area (Å²) in [5.74, 6) is 1.28. The van der Waals surface area contributed by atoms with Gasteiger partial charge in [-0.25, -0.2) is 0 Å². The van der Waals surface area contributed by atoms with E-state index < -0.39 is 0 Å². The van der Waals surface area contributed by atoms with Crippen molar-refractivity contribution in [1.82, 2.24) is 5.32 Å². The third-order valence-corrected chi connectivity index (χ3v) is 4.64. The first-order valence-corrected chi connectivity index (χ1v) is 10.5. The predicted octanol–water partition coefficient (Wildman–Crippen LogP) is 3.60. The maximum atomic E-state index is 11.7. The van der Waals surface area contributed by atoms with Crippen LogP contribution in [0, 0.1) is 0 Å². The Labute approximate surface area is 158 Å². The highest BCUT2D eigenvalue weighted by Crippen LogP contribution is 2.19. The Morgan fingerprint density at radius 1 is 0.960 bits per heavy atom. The number of carbonyl (C=O) groups excluding carboxylic acids is 2. The number of Topliss-reactive ketones (excluding diaryl/α,β-unsaturated/α-hetero) is 1. The third-order valence-electron chi connectivity index (χ3n) is 3.95. The Morgan fingerprint density at radius 2 is 1.56 bits per heavy atom. The zero-order valence-corrected chi connectivity index (χ0v) is 17.7. The van der Waals surface area contributed by atoms with Crippen LogP contribution < -0.4 is 5.32 Å². The summed E-state index contributed by atoms with van der Waals surface area (Å²) < 4.78 is 11.7. The second-order valence-electron chi connectivity index (χ2n) is 7.61. The highest BCUT2D eigenvalue weighted by atomic mass is 32.2. The van der Waals surface area contributed by atoms with Gasteiger partial charge in [0.05, 0.1) is 24.4 Å². The minimum absolute atomic E-state index is 0.116. The monoisotopic (exact) mass is 375 g/mol. The maximum Gasteiger partial charge on any atom is 0.220 e. The second kappa shape index (κ2) is 12.7. The van der Waals surface area contributed by atoms with Gasteiger partial charge in [0.15, 0.2) is 0 Å². The number of thioether (sulfide) groups is 1. The van der Waals surface area contributed by atoms with Crippen LogP contribution in [0.5, 0.6) is 0 Å². The molecule has 6 heteroatoms. The van der Waals surface area contributed by atoms with Crippen molar-refractivity contribution in [2.45, 2.75) is 77.9 Å². The quantitative estimate of drug-likeness (QED) is 0.443. The van der Waals surface area contributed by atoms with Crippen LogP contribution in [0.3, 0.4) is 0 Å². The van der Waals surface area contributed by atoms with Gasteiger partial charge < -0.3 is 14.8 Å². The fourth-order valence-corrected chi connectivity index (χ4v) is 2.59. The van der Waals surface area contributed by atoms with Gasteiger partial charge >= 0.3 is 0 Å². The van der Waals surface area contributed by atoms with Crippen LogP contribution in [0.2, 0.25) is 0 Å². The van der Waals surface area contributed by atoms with E-state index in [1.54, 1.807) is 18.7 Å². The van der Waals surface area contributed by atoms with E-state index in [-0.39, 0.29) is 22.9 Å². The third kappa shape index (κ3) is 15.4. The number of nitrogens with one attached hydrogen (secondary N) is 1. The molecule has 1 amide bonds. The number of amides is 1. The van der Waals surface area contributed by atoms with Crippen molar-refractivity contribution in [1.29, 1.82) is 0 Å². The van der Waals surface area contributed by atoms with Gasteiger partial charge in [-0.3, -0.25) is 9.59 Å². The van der Waals surface area contributed by atoms with E-state index in [0.717, 1.165) is 25.0 Å². The van der Waals surface area contributed by atoms with Crippen molar-refractivity contribution < 1.29 is 19.1 Å². The lowest BCUT2D eigenvalue weighted by atomic mass is 10.0. The molecule has 0 saturated heterocycles. The highest BCUT2D eigenvalue weighted by Gasteiger charge is 2.22. The lowest BCUT2D eigenvalue weighted by Crippen LogP contribution is -2.35. The van der Waals surface area contributed by atoms with E-state index in [9.17, 15) is 9.59 Å². The van der Waals surface area contributed by atoms with Gasteiger partial charge in [0.1, 0.15) is 5.78 Å². The molecule has 25 heavy (non-hydrogen) atoms. The highest BCUT2D eigenvalue weighted by molar-refractivity contribution is 7.98. The SMILES string of the molecule is CSCCCC(=O)NCCC(C)(C)OCCC(C)(C)OCCC(C)=O. The molecule has 1 N–H and O–H groups in total. The van der Waals surface area contributed by atoms with Crippen molar-refractivity contribution >= 4 is 23.5 Å². The van der Waals surface area contributed by atoms with Gasteiger partial charge in [0.25, 0.3) is 0 Å². The first-order valence-electron chi connectivity index (χ1n) is 9.11. The van der Waals surface area contributed by atoms with Crippen LogP contribution in [0.4, 0.5) is 0 Å². The van der Waals surface area contributed by atoms with Crippen LogP contribution >= 0.6 is 11.8 Å². The predicted molar refractivity (Wildman–Crippen MR) is 105 cm³/mol. The number of hydrogen-bond donors (Lipinski definition) is 1. The number of ketones is 1. The Bertz CT molecular complexity index is 397. The normalized spacial score (nSPS) is 12.2. The Hall–Kier alpha value is -0.590. The van der Waals surface area contributed by atoms with Crippen LogP contribution in [0.25, 0.3) is 0 Å². The second-order valence-corrected chi connectivity index (χ2v) is 8.60. The Kier molecular flexibility index (Phi) is 12.4. The number of ether oxygens (including phenoxy) is 2. The first-order chi connectivity index (χ1) is 11.6. The van der Waals surface area contributed by atoms with E-state index in [2.05, 4.69) is 5.32 Å². The van der Waals surface area contributed by atoms with Crippen molar-refractivity contribution in [2.75, 3.05) is 31.8 Å². The van der Waals surface area contributed by atoms with Crippen LogP contribution in [0.15, 0.2) is 0 Å². The van der Waals surface area contributed by atoms with Crippen LogP contribution in [-0.4, -0.2) is 54.7 Å². The molecular formula is C19H37NO4S. The summed E-state index contributed by atoms with van der Waals surface area (Å²) in [7, 11) is 0. The van der Waals surface area contributed by atoms with Gasteiger partial charge in [-0.15, -0.1) is 0 Å².